The molecule has 0 amide bonds. The first-order valence-electron chi connectivity index (χ1n) is 9.19. The molecule has 0 aliphatic rings. The molecule has 1 aromatic heterocycles. The van der Waals surface area contributed by atoms with Crippen LogP contribution in [0.25, 0.3) is 0 Å². The molecule has 3 rings (SSSR count). The topological polar surface area (TPSA) is 99.2 Å². The van der Waals surface area contributed by atoms with E-state index in [1.165, 1.54) is 16.7 Å². The number of nitrogens with one attached hydrogen (secondary N) is 1. The molecule has 0 saturated carbocycles. The summed E-state index contributed by atoms with van der Waals surface area (Å²) in [5.41, 5.74) is -0.316. The first-order valence-corrected chi connectivity index (χ1v) is 11.8. The summed E-state index contributed by atoms with van der Waals surface area (Å²) in [5, 5.41) is 18.9. The van der Waals surface area contributed by atoms with Gasteiger partial charge in [0.15, 0.2) is 5.82 Å². The standard InChI is InChI=1S/C20H22Cl2N4O3S/c1-30(28,29)26(10-9-15-5-3-2-4-6-15)13-20(27,12-19-23-14-24-25-19)17-8-7-16(21)11-18(17)22/h2-8,11,14,27H,9-10,12-13H2,1H3,(H,23,24,25). The molecular weight excluding hydrogens is 447 g/mol. The van der Waals surface area contributed by atoms with Crippen LogP contribution in [0, 0.1) is 0 Å². The predicted octanol–water partition coefficient (Wildman–Crippen LogP) is 3.05. The van der Waals surface area contributed by atoms with E-state index < -0.39 is 15.6 Å². The highest BCUT2D eigenvalue weighted by molar-refractivity contribution is 7.88. The SMILES string of the molecule is CS(=O)(=O)N(CCc1ccccc1)CC(O)(Cc1nc[nH]n1)c1ccc(Cl)cc1Cl. The van der Waals surface area contributed by atoms with Crippen molar-refractivity contribution in [2.24, 2.45) is 0 Å². The number of halogens is 2. The van der Waals surface area contributed by atoms with Crippen LogP contribution in [0.2, 0.25) is 10.0 Å². The van der Waals surface area contributed by atoms with Gasteiger partial charge in [0, 0.05) is 35.1 Å². The number of aromatic nitrogens is 3. The van der Waals surface area contributed by atoms with Crippen LogP contribution < -0.4 is 0 Å². The Morgan fingerprint density at radius 3 is 2.50 bits per heavy atom. The molecule has 1 heterocycles. The summed E-state index contributed by atoms with van der Waals surface area (Å²) in [6.45, 7) is -0.0150. The average Bonchev–Trinajstić information content (AvgIpc) is 3.17. The maximum atomic E-state index is 12.5. The molecule has 0 radical (unpaired) electrons. The zero-order valence-electron chi connectivity index (χ0n) is 16.3. The van der Waals surface area contributed by atoms with Gasteiger partial charge in [0.1, 0.15) is 11.9 Å². The van der Waals surface area contributed by atoms with E-state index in [0.29, 0.717) is 22.8 Å². The van der Waals surface area contributed by atoms with Gasteiger partial charge in [0.2, 0.25) is 10.0 Å². The van der Waals surface area contributed by atoms with Crippen molar-refractivity contribution in [3.05, 3.63) is 81.9 Å². The molecule has 7 nitrogen and oxygen atoms in total. The molecule has 10 heteroatoms. The summed E-state index contributed by atoms with van der Waals surface area (Å²) in [6, 6.07) is 14.2. The highest BCUT2D eigenvalue weighted by atomic mass is 35.5. The van der Waals surface area contributed by atoms with Crippen LogP contribution in [0.5, 0.6) is 0 Å². The van der Waals surface area contributed by atoms with Gasteiger partial charge in [0.05, 0.1) is 6.26 Å². The van der Waals surface area contributed by atoms with Gasteiger partial charge in [-0.1, -0.05) is 59.6 Å². The minimum Gasteiger partial charge on any atom is -0.383 e. The zero-order valence-corrected chi connectivity index (χ0v) is 18.6. The summed E-state index contributed by atoms with van der Waals surface area (Å²) in [6.07, 6.45) is 2.98. The van der Waals surface area contributed by atoms with E-state index in [2.05, 4.69) is 15.2 Å². The lowest BCUT2D eigenvalue weighted by Gasteiger charge is -2.33. The molecule has 0 fully saturated rings. The van der Waals surface area contributed by atoms with Gasteiger partial charge in [0.25, 0.3) is 0 Å². The fourth-order valence-corrected chi connectivity index (χ4v) is 4.69. The summed E-state index contributed by atoms with van der Waals surface area (Å²) < 4.78 is 26.3. The third-order valence-electron chi connectivity index (χ3n) is 4.75. The number of nitrogens with zero attached hydrogens (tertiary/aromatic N) is 3. The van der Waals surface area contributed by atoms with E-state index in [1.807, 2.05) is 30.3 Å². The number of aromatic amines is 1. The fraction of sp³-hybridized carbons (Fsp3) is 0.300. The van der Waals surface area contributed by atoms with E-state index in [1.54, 1.807) is 12.1 Å². The zero-order chi connectivity index (χ0) is 21.8. The molecule has 0 aliphatic carbocycles. The Kier molecular flexibility index (Phi) is 7.15. The van der Waals surface area contributed by atoms with Gasteiger partial charge < -0.3 is 5.11 Å². The molecule has 0 bridgehead atoms. The van der Waals surface area contributed by atoms with E-state index in [-0.39, 0.29) is 24.5 Å². The third kappa shape index (κ3) is 5.80. The number of hydrogen-bond acceptors (Lipinski definition) is 5. The molecule has 30 heavy (non-hydrogen) atoms. The van der Waals surface area contributed by atoms with Gasteiger partial charge in [-0.3, -0.25) is 5.10 Å². The average molecular weight is 469 g/mol. The predicted molar refractivity (Wildman–Crippen MR) is 117 cm³/mol. The monoisotopic (exact) mass is 468 g/mol. The lowest BCUT2D eigenvalue weighted by Crippen LogP contribution is -2.46. The maximum absolute atomic E-state index is 12.5. The van der Waals surface area contributed by atoms with Crippen molar-refractivity contribution < 1.29 is 13.5 Å². The van der Waals surface area contributed by atoms with Crippen LogP contribution in [0.15, 0.2) is 54.9 Å². The van der Waals surface area contributed by atoms with E-state index in [0.717, 1.165) is 11.8 Å². The Balaban J connectivity index is 1.94. The van der Waals surface area contributed by atoms with Gasteiger partial charge in [-0.15, -0.1) is 0 Å². The smallest absolute Gasteiger partial charge is 0.211 e. The van der Waals surface area contributed by atoms with Crippen LogP contribution in [-0.4, -0.2) is 52.4 Å². The summed E-state index contributed by atoms with van der Waals surface area (Å²) in [5.74, 6) is 0.333. The minimum absolute atomic E-state index is 0.0325. The van der Waals surface area contributed by atoms with Crippen molar-refractivity contribution >= 4 is 33.2 Å². The van der Waals surface area contributed by atoms with Crippen molar-refractivity contribution in [1.29, 1.82) is 0 Å². The van der Waals surface area contributed by atoms with Crippen LogP contribution in [0.4, 0.5) is 0 Å². The normalized spacial score (nSPS) is 14.0. The lowest BCUT2D eigenvalue weighted by atomic mass is 9.89. The van der Waals surface area contributed by atoms with E-state index >= 15 is 0 Å². The Labute approximate surface area is 185 Å². The van der Waals surface area contributed by atoms with Crippen molar-refractivity contribution in [2.75, 3.05) is 19.3 Å². The molecular formula is C20H22Cl2N4O3S. The fourth-order valence-electron chi connectivity index (χ4n) is 3.24. The first-order chi connectivity index (χ1) is 14.2. The highest BCUT2D eigenvalue weighted by Gasteiger charge is 2.37. The highest BCUT2D eigenvalue weighted by Crippen LogP contribution is 2.34. The molecule has 0 aliphatic heterocycles. The van der Waals surface area contributed by atoms with Gasteiger partial charge >= 0.3 is 0 Å². The molecule has 1 unspecified atom stereocenters. The first kappa shape index (κ1) is 22.7. The molecule has 2 N–H and O–H groups in total. The van der Waals surface area contributed by atoms with Crippen molar-refractivity contribution in [3.8, 4) is 0 Å². The van der Waals surface area contributed by atoms with Crippen LogP contribution >= 0.6 is 23.2 Å². The molecule has 3 aromatic rings. The van der Waals surface area contributed by atoms with Crippen molar-refractivity contribution in [1.82, 2.24) is 19.5 Å². The van der Waals surface area contributed by atoms with Gasteiger partial charge in [-0.05, 0) is 24.1 Å². The van der Waals surface area contributed by atoms with Crippen molar-refractivity contribution in [3.63, 3.8) is 0 Å². The number of hydrogen-bond donors (Lipinski definition) is 2. The minimum atomic E-state index is -3.62. The van der Waals surface area contributed by atoms with Crippen LogP contribution in [-0.2, 0) is 28.5 Å². The van der Waals surface area contributed by atoms with Crippen LogP contribution in [0.3, 0.4) is 0 Å². The number of H-pyrrole nitrogens is 1. The third-order valence-corrected chi connectivity index (χ3v) is 6.55. The summed E-state index contributed by atoms with van der Waals surface area (Å²) in [7, 11) is -3.62. The van der Waals surface area contributed by atoms with Crippen molar-refractivity contribution in [2.45, 2.75) is 18.4 Å². The van der Waals surface area contributed by atoms with Gasteiger partial charge in [-0.2, -0.15) is 9.40 Å². The molecule has 0 saturated heterocycles. The number of rotatable bonds is 9. The quantitative estimate of drug-likeness (QED) is 0.502. The molecule has 0 spiro atoms. The summed E-state index contributed by atoms with van der Waals surface area (Å²) in [4.78, 5) is 4.07. The molecule has 2 aromatic carbocycles. The lowest BCUT2D eigenvalue weighted by molar-refractivity contribution is 0.0170. The van der Waals surface area contributed by atoms with Crippen LogP contribution in [0.1, 0.15) is 17.0 Å². The second-order valence-electron chi connectivity index (χ2n) is 7.08. The Hall–Kier alpha value is -1.97. The Morgan fingerprint density at radius 2 is 1.90 bits per heavy atom. The summed E-state index contributed by atoms with van der Waals surface area (Å²) >= 11 is 12.4. The number of sulfonamides is 1. The largest absolute Gasteiger partial charge is 0.383 e. The maximum Gasteiger partial charge on any atom is 0.211 e. The van der Waals surface area contributed by atoms with Gasteiger partial charge in [-0.25, -0.2) is 13.4 Å². The number of benzene rings is 2. The number of aliphatic hydroxyl groups is 1. The van der Waals surface area contributed by atoms with E-state index in [9.17, 15) is 13.5 Å². The Morgan fingerprint density at radius 1 is 1.17 bits per heavy atom. The Bertz CT molecular complexity index is 1080. The van der Waals surface area contributed by atoms with E-state index in [4.69, 9.17) is 23.2 Å². The molecule has 1 atom stereocenters. The second-order valence-corrected chi connectivity index (χ2v) is 9.91. The molecule has 160 valence electrons. The second kappa shape index (κ2) is 9.45.